The highest BCUT2D eigenvalue weighted by atomic mass is 35.5. The standard InChI is InChI=1S/C11H14ClNO3/c1-11(2,3)16-10(14)8-7(12)5-6-13-9(8)15-4/h5-6H,1-4H3. The lowest BCUT2D eigenvalue weighted by Crippen LogP contribution is -2.24. The Balaban J connectivity index is 3.08. The third kappa shape index (κ3) is 3.10. The number of nitrogens with zero attached hydrogens (tertiary/aromatic N) is 1. The average molecular weight is 244 g/mol. The first-order valence-electron chi connectivity index (χ1n) is 4.77. The molecule has 0 atom stereocenters. The van der Waals surface area contributed by atoms with Gasteiger partial charge in [0, 0.05) is 6.20 Å². The van der Waals surface area contributed by atoms with E-state index in [4.69, 9.17) is 21.1 Å². The summed E-state index contributed by atoms with van der Waals surface area (Å²) in [6.45, 7) is 5.34. The van der Waals surface area contributed by atoms with Crippen LogP contribution in [0.4, 0.5) is 0 Å². The Kier molecular flexibility index (Phi) is 3.75. The van der Waals surface area contributed by atoms with Gasteiger partial charge in [-0.05, 0) is 26.8 Å². The van der Waals surface area contributed by atoms with Crippen LogP contribution in [0.5, 0.6) is 5.88 Å². The highest BCUT2D eigenvalue weighted by molar-refractivity contribution is 6.33. The number of carbonyl (C=O) groups is 1. The van der Waals surface area contributed by atoms with E-state index in [9.17, 15) is 4.79 Å². The number of aromatic nitrogens is 1. The number of hydrogen-bond acceptors (Lipinski definition) is 4. The van der Waals surface area contributed by atoms with Gasteiger partial charge in [-0.25, -0.2) is 9.78 Å². The van der Waals surface area contributed by atoms with E-state index >= 15 is 0 Å². The summed E-state index contributed by atoms with van der Waals surface area (Å²) in [6, 6.07) is 1.52. The molecule has 5 heteroatoms. The molecule has 0 saturated carbocycles. The van der Waals surface area contributed by atoms with Gasteiger partial charge in [0.1, 0.15) is 11.2 Å². The summed E-state index contributed by atoms with van der Waals surface area (Å²) in [6.07, 6.45) is 1.47. The van der Waals surface area contributed by atoms with Crippen molar-refractivity contribution in [3.63, 3.8) is 0 Å². The van der Waals surface area contributed by atoms with Gasteiger partial charge in [-0.1, -0.05) is 11.6 Å². The molecule has 0 aromatic carbocycles. The van der Waals surface area contributed by atoms with E-state index in [1.165, 1.54) is 19.4 Å². The Labute approximate surface area is 99.5 Å². The number of methoxy groups -OCH3 is 1. The number of esters is 1. The predicted molar refractivity (Wildman–Crippen MR) is 61.0 cm³/mol. The van der Waals surface area contributed by atoms with Gasteiger partial charge < -0.3 is 9.47 Å². The fourth-order valence-electron chi connectivity index (χ4n) is 1.09. The first-order chi connectivity index (χ1) is 7.35. The Hall–Kier alpha value is -1.29. The number of halogens is 1. The average Bonchev–Trinajstić information content (AvgIpc) is 2.14. The third-order valence-electron chi connectivity index (χ3n) is 1.66. The van der Waals surface area contributed by atoms with E-state index in [1.54, 1.807) is 20.8 Å². The largest absolute Gasteiger partial charge is 0.480 e. The smallest absolute Gasteiger partial charge is 0.345 e. The second-order valence-corrected chi connectivity index (χ2v) is 4.59. The molecule has 4 nitrogen and oxygen atoms in total. The van der Waals surface area contributed by atoms with Crippen molar-refractivity contribution in [3.8, 4) is 5.88 Å². The SMILES string of the molecule is COc1nccc(Cl)c1C(=O)OC(C)(C)C. The van der Waals surface area contributed by atoms with Crippen molar-refractivity contribution >= 4 is 17.6 Å². The van der Waals surface area contributed by atoms with Crippen molar-refractivity contribution in [2.45, 2.75) is 26.4 Å². The lowest BCUT2D eigenvalue weighted by molar-refractivity contribution is 0.00660. The van der Waals surface area contributed by atoms with Crippen molar-refractivity contribution in [3.05, 3.63) is 22.8 Å². The van der Waals surface area contributed by atoms with Gasteiger partial charge in [-0.3, -0.25) is 0 Å². The Morgan fingerprint density at radius 1 is 1.44 bits per heavy atom. The molecule has 1 heterocycles. The molecule has 0 radical (unpaired) electrons. The van der Waals surface area contributed by atoms with Crippen molar-refractivity contribution in [2.75, 3.05) is 7.11 Å². The molecular formula is C11H14ClNO3. The van der Waals surface area contributed by atoms with Gasteiger partial charge in [0.25, 0.3) is 0 Å². The maximum atomic E-state index is 11.8. The van der Waals surface area contributed by atoms with Crippen LogP contribution in [0, 0.1) is 0 Å². The number of hydrogen-bond donors (Lipinski definition) is 0. The summed E-state index contributed by atoms with van der Waals surface area (Å²) < 4.78 is 10.2. The molecule has 1 aromatic rings. The van der Waals surface area contributed by atoms with E-state index in [1.807, 2.05) is 0 Å². The minimum Gasteiger partial charge on any atom is -0.480 e. The van der Waals surface area contributed by atoms with Crippen LogP contribution < -0.4 is 4.74 Å². The quantitative estimate of drug-likeness (QED) is 0.750. The second-order valence-electron chi connectivity index (χ2n) is 4.18. The van der Waals surface area contributed by atoms with Crippen LogP contribution in [0.15, 0.2) is 12.3 Å². The molecule has 0 amide bonds. The molecule has 0 aliphatic carbocycles. The number of carbonyl (C=O) groups excluding carboxylic acids is 1. The normalized spacial score (nSPS) is 11.1. The minimum absolute atomic E-state index is 0.154. The molecule has 88 valence electrons. The molecule has 1 aromatic heterocycles. The molecule has 0 saturated heterocycles. The van der Waals surface area contributed by atoms with Crippen LogP contribution in [0.1, 0.15) is 31.1 Å². The molecule has 0 aliphatic rings. The Morgan fingerprint density at radius 3 is 2.56 bits per heavy atom. The van der Waals surface area contributed by atoms with Gasteiger partial charge in [-0.2, -0.15) is 0 Å². The highest BCUT2D eigenvalue weighted by Crippen LogP contribution is 2.26. The van der Waals surface area contributed by atoms with Gasteiger partial charge in [-0.15, -0.1) is 0 Å². The lowest BCUT2D eigenvalue weighted by Gasteiger charge is -2.20. The fraction of sp³-hybridized carbons (Fsp3) is 0.455. The zero-order valence-electron chi connectivity index (χ0n) is 9.70. The highest BCUT2D eigenvalue weighted by Gasteiger charge is 2.24. The zero-order valence-corrected chi connectivity index (χ0v) is 10.5. The van der Waals surface area contributed by atoms with Crippen LogP contribution in [-0.4, -0.2) is 23.7 Å². The fourth-order valence-corrected chi connectivity index (χ4v) is 1.30. The third-order valence-corrected chi connectivity index (χ3v) is 1.98. The van der Waals surface area contributed by atoms with Gasteiger partial charge in [0.15, 0.2) is 0 Å². The minimum atomic E-state index is -0.582. The first-order valence-corrected chi connectivity index (χ1v) is 5.15. The summed E-state index contributed by atoms with van der Waals surface area (Å²) >= 11 is 5.91. The molecule has 0 bridgehead atoms. The second kappa shape index (κ2) is 4.70. The van der Waals surface area contributed by atoms with E-state index in [0.29, 0.717) is 0 Å². The zero-order chi connectivity index (χ0) is 12.3. The molecule has 0 N–H and O–H groups in total. The van der Waals surface area contributed by atoms with Crippen molar-refractivity contribution in [2.24, 2.45) is 0 Å². The topological polar surface area (TPSA) is 48.4 Å². The molecule has 0 fully saturated rings. The van der Waals surface area contributed by atoms with Crippen LogP contribution >= 0.6 is 11.6 Å². The Morgan fingerprint density at radius 2 is 2.06 bits per heavy atom. The van der Waals surface area contributed by atoms with Crippen molar-refractivity contribution < 1.29 is 14.3 Å². The summed E-state index contributed by atoms with van der Waals surface area (Å²) in [5.74, 6) is -0.371. The summed E-state index contributed by atoms with van der Waals surface area (Å²) in [5.41, 5.74) is -0.428. The van der Waals surface area contributed by atoms with Crippen LogP contribution in [0.2, 0.25) is 5.02 Å². The van der Waals surface area contributed by atoms with Crippen molar-refractivity contribution in [1.82, 2.24) is 4.98 Å². The predicted octanol–water partition coefficient (Wildman–Crippen LogP) is 2.70. The van der Waals surface area contributed by atoms with Gasteiger partial charge in [0.05, 0.1) is 12.1 Å². The lowest BCUT2D eigenvalue weighted by atomic mass is 10.2. The van der Waals surface area contributed by atoms with Crippen LogP contribution in [-0.2, 0) is 4.74 Å². The molecule has 0 unspecified atom stereocenters. The molecule has 1 rings (SSSR count). The van der Waals surface area contributed by atoms with Crippen LogP contribution in [0.3, 0.4) is 0 Å². The summed E-state index contributed by atoms with van der Waals surface area (Å²) in [5, 5.41) is 0.265. The molecular weight excluding hydrogens is 230 g/mol. The maximum absolute atomic E-state index is 11.8. The number of pyridine rings is 1. The van der Waals surface area contributed by atoms with E-state index in [2.05, 4.69) is 4.98 Å². The number of rotatable bonds is 2. The van der Waals surface area contributed by atoms with E-state index in [-0.39, 0.29) is 16.5 Å². The van der Waals surface area contributed by atoms with Gasteiger partial charge in [0.2, 0.25) is 5.88 Å². The van der Waals surface area contributed by atoms with Crippen molar-refractivity contribution in [1.29, 1.82) is 0 Å². The van der Waals surface area contributed by atoms with E-state index in [0.717, 1.165) is 0 Å². The van der Waals surface area contributed by atoms with Gasteiger partial charge >= 0.3 is 5.97 Å². The van der Waals surface area contributed by atoms with Crippen LogP contribution in [0.25, 0.3) is 0 Å². The maximum Gasteiger partial charge on any atom is 0.345 e. The van der Waals surface area contributed by atoms with E-state index < -0.39 is 11.6 Å². The monoisotopic (exact) mass is 243 g/mol. The summed E-state index contributed by atoms with van der Waals surface area (Å²) in [7, 11) is 1.42. The Bertz CT molecular complexity index is 399. The molecule has 16 heavy (non-hydrogen) atoms. The molecule has 0 aliphatic heterocycles. The molecule has 0 spiro atoms. The first kappa shape index (κ1) is 12.8. The summed E-state index contributed by atoms with van der Waals surface area (Å²) in [4.78, 5) is 15.7. The number of ether oxygens (including phenoxy) is 2.